The van der Waals surface area contributed by atoms with Gasteiger partial charge in [0.05, 0.1) is 25.8 Å². The number of hydroxylamine groups is 2. The number of carbonyl (C=O) groups excluding carboxylic acids is 1. The second-order valence-electron chi connectivity index (χ2n) is 6.12. The van der Waals surface area contributed by atoms with Crippen molar-refractivity contribution in [1.82, 2.24) is 14.9 Å². The van der Waals surface area contributed by atoms with Gasteiger partial charge in [-0.25, -0.2) is 10.0 Å². The second-order valence-corrected chi connectivity index (χ2v) is 7.10. The Labute approximate surface area is 134 Å². The van der Waals surface area contributed by atoms with Crippen LogP contribution in [-0.2, 0) is 20.9 Å². The highest BCUT2D eigenvalue weighted by Crippen LogP contribution is 2.33. The summed E-state index contributed by atoms with van der Waals surface area (Å²) in [7, 11) is 0. The number of thiazole rings is 1. The van der Waals surface area contributed by atoms with Crippen molar-refractivity contribution in [2.24, 2.45) is 0 Å². The van der Waals surface area contributed by atoms with Crippen molar-refractivity contribution in [3.63, 3.8) is 0 Å². The summed E-state index contributed by atoms with van der Waals surface area (Å²) in [5.74, 6) is 0.00863. The van der Waals surface area contributed by atoms with Crippen LogP contribution in [0, 0.1) is 0 Å². The van der Waals surface area contributed by atoms with Crippen LogP contribution in [0.5, 0.6) is 0 Å². The number of fused-ring (bicyclic) bond motifs is 1. The average Bonchev–Trinajstić information content (AvgIpc) is 3.29. The van der Waals surface area contributed by atoms with E-state index in [2.05, 4.69) is 9.88 Å². The van der Waals surface area contributed by atoms with Gasteiger partial charge in [0.25, 0.3) is 5.91 Å². The summed E-state index contributed by atoms with van der Waals surface area (Å²) in [6, 6.07) is 0.424. The van der Waals surface area contributed by atoms with Crippen molar-refractivity contribution < 1.29 is 14.4 Å². The van der Waals surface area contributed by atoms with E-state index in [0.29, 0.717) is 19.2 Å². The number of rotatable bonds is 3. The van der Waals surface area contributed by atoms with Crippen LogP contribution in [0.3, 0.4) is 0 Å². The number of carbonyl (C=O) groups is 1. The third kappa shape index (κ3) is 2.78. The molecule has 0 N–H and O–H groups in total. The molecule has 0 saturated carbocycles. The van der Waals surface area contributed by atoms with Crippen molar-refractivity contribution in [2.45, 2.75) is 50.5 Å². The molecule has 0 aromatic carbocycles. The minimum absolute atomic E-state index is 0.00863. The fraction of sp³-hybridized carbons (Fsp3) is 0.733. The molecule has 3 atom stereocenters. The topological polar surface area (TPSA) is 54.9 Å². The van der Waals surface area contributed by atoms with Gasteiger partial charge < -0.3 is 4.74 Å². The van der Waals surface area contributed by atoms with Crippen molar-refractivity contribution in [3.8, 4) is 0 Å². The summed E-state index contributed by atoms with van der Waals surface area (Å²) in [5.41, 5.74) is 0. The predicted molar refractivity (Wildman–Crippen MR) is 81.1 cm³/mol. The Morgan fingerprint density at radius 1 is 1.36 bits per heavy atom. The van der Waals surface area contributed by atoms with E-state index < -0.39 is 0 Å². The highest BCUT2D eigenvalue weighted by Gasteiger charge is 2.43. The zero-order chi connectivity index (χ0) is 14.9. The third-order valence-corrected chi connectivity index (χ3v) is 5.52. The highest BCUT2D eigenvalue weighted by atomic mass is 32.1. The number of ether oxygens (including phenoxy) is 1. The maximum absolute atomic E-state index is 12.4. The lowest BCUT2D eigenvalue weighted by molar-refractivity contribution is -0.189. The molecular weight excluding hydrogens is 302 g/mol. The van der Waals surface area contributed by atoms with E-state index >= 15 is 0 Å². The van der Waals surface area contributed by atoms with E-state index in [0.717, 1.165) is 43.8 Å². The minimum Gasteiger partial charge on any atom is -0.363 e. The molecule has 120 valence electrons. The van der Waals surface area contributed by atoms with Gasteiger partial charge in [0.1, 0.15) is 11.1 Å². The molecule has 0 unspecified atom stereocenters. The molecule has 4 heterocycles. The normalized spacial score (nSPS) is 32.4. The third-order valence-electron chi connectivity index (χ3n) is 4.76. The molecular formula is C15H21N3O3S. The Bertz CT molecular complexity index is 518. The van der Waals surface area contributed by atoms with Crippen LogP contribution in [0.4, 0.5) is 0 Å². The van der Waals surface area contributed by atoms with Crippen molar-refractivity contribution >= 4 is 17.2 Å². The molecule has 22 heavy (non-hydrogen) atoms. The summed E-state index contributed by atoms with van der Waals surface area (Å²) in [5, 5.41) is 4.67. The van der Waals surface area contributed by atoms with Crippen LogP contribution in [0.2, 0.25) is 0 Å². The van der Waals surface area contributed by atoms with Gasteiger partial charge in [-0.2, -0.15) is 0 Å². The lowest BCUT2D eigenvalue weighted by Gasteiger charge is -2.36. The number of likely N-dealkylation sites (tertiary alicyclic amines) is 1. The van der Waals surface area contributed by atoms with Crippen molar-refractivity contribution in [3.05, 3.63) is 16.6 Å². The molecule has 7 heteroatoms. The Morgan fingerprint density at radius 3 is 3.09 bits per heavy atom. The summed E-state index contributed by atoms with van der Waals surface area (Å²) < 4.78 is 6.10. The molecule has 3 saturated heterocycles. The first-order chi connectivity index (χ1) is 10.8. The molecule has 3 aliphatic rings. The molecule has 0 spiro atoms. The largest absolute Gasteiger partial charge is 0.363 e. The second kappa shape index (κ2) is 6.23. The fourth-order valence-electron chi connectivity index (χ4n) is 3.68. The van der Waals surface area contributed by atoms with Gasteiger partial charge in [0.2, 0.25) is 0 Å². The minimum atomic E-state index is -0.320. The number of aromatic nitrogens is 1. The molecule has 0 radical (unpaired) electrons. The molecule has 1 amide bonds. The Hall–Kier alpha value is -1.02. The highest BCUT2D eigenvalue weighted by molar-refractivity contribution is 7.09. The van der Waals surface area contributed by atoms with Gasteiger partial charge in [-0.05, 0) is 25.7 Å². The maximum Gasteiger partial charge on any atom is 0.275 e. The summed E-state index contributed by atoms with van der Waals surface area (Å²) in [6.45, 7) is 3.27. The molecule has 0 aliphatic carbocycles. The number of hydrogen-bond acceptors (Lipinski definition) is 6. The molecule has 1 aromatic rings. The fourth-order valence-corrected chi connectivity index (χ4v) is 4.32. The zero-order valence-electron chi connectivity index (χ0n) is 12.5. The van der Waals surface area contributed by atoms with Crippen molar-refractivity contribution in [1.29, 1.82) is 0 Å². The van der Waals surface area contributed by atoms with E-state index in [4.69, 9.17) is 9.57 Å². The first-order valence-corrected chi connectivity index (χ1v) is 8.91. The summed E-state index contributed by atoms with van der Waals surface area (Å²) >= 11 is 1.70. The lowest BCUT2D eigenvalue weighted by Crippen LogP contribution is -2.48. The van der Waals surface area contributed by atoms with E-state index in [-0.39, 0.29) is 18.1 Å². The zero-order valence-corrected chi connectivity index (χ0v) is 13.3. The van der Waals surface area contributed by atoms with Gasteiger partial charge in [-0.3, -0.25) is 14.5 Å². The number of hydrogen-bond donors (Lipinski definition) is 0. The van der Waals surface area contributed by atoms with Crippen LogP contribution < -0.4 is 0 Å². The SMILES string of the molecule is O=C([C@@H]1CC[C@H]2[C@H](CCN2Cc2nccs2)O1)N1CCCO1. The predicted octanol–water partition coefficient (Wildman–Crippen LogP) is 1.43. The van der Waals surface area contributed by atoms with Gasteiger partial charge >= 0.3 is 0 Å². The van der Waals surface area contributed by atoms with Crippen LogP contribution >= 0.6 is 11.3 Å². The van der Waals surface area contributed by atoms with Crippen LogP contribution in [-0.4, -0.2) is 58.8 Å². The van der Waals surface area contributed by atoms with E-state index in [1.165, 1.54) is 5.06 Å². The van der Waals surface area contributed by atoms with Crippen LogP contribution in [0.1, 0.15) is 30.7 Å². The number of amides is 1. The van der Waals surface area contributed by atoms with E-state index in [9.17, 15) is 4.79 Å². The van der Waals surface area contributed by atoms with Crippen LogP contribution in [0.15, 0.2) is 11.6 Å². The molecule has 1 aromatic heterocycles. The maximum atomic E-state index is 12.4. The summed E-state index contributed by atoms with van der Waals surface area (Å²) in [4.78, 5) is 24.6. The molecule has 4 rings (SSSR count). The van der Waals surface area contributed by atoms with Gasteiger partial charge in [-0.1, -0.05) is 0 Å². The molecule has 0 bridgehead atoms. The molecule has 3 fully saturated rings. The monoisotopic (exact) mass is 323 g/mol. The van der Waals surface area contributed by atoms with Gasteiger partial charge in [0, 0.05) is 24.2 Å². The van der Waals surface area contributed by atoms with Gasteiger partial charge in [0.15, 0.2) is 0 Å². The van der Waals surface area contributed by atoms with Gasteiger partial charge in [-0.15, -0.1) is 11.3 Å². The Balaban J connectivity index is 1.36. The van der Waals surface area contributed by atoms with Crippen LogP contribution in [0.25, 0.3) is 0 Å². The molecule has 6 nitrogen and oxygen atoms in total. The first kappa shape index (κ1) is 14.6. The van der Waals surface area contributed by atoms with E-state index in [1.807, 2.05) is 11.6 Å². The smallest absolute Gasteiger partial charge is 0.275 e. The quantitative estimate of drug-likeness (QED) is 0.842. The standard InChI is InChI=1S/C15H21N3O3S/c19-15(18-6-1-8-20-18)13-3-2-11-12(21-13)4-7-17(11)10-14-16-5-9-22-14/h5,9,11-13H,1-4,6-8,10H2/t11-,12-,13-/m0/s1. The number of nitrogens with zero attached hydrogens (tertiary/aromatic N) is 3. The Kier molecular flexibility index (Phi) is 4.13. The molecule has 3 aliphatic heterocycles. The lowest BCUT2D eigenvalue weighted by atomic mass is 9.98. The first-order valence-electron chi connectivity index (χ1n) is 8.03. The Morgan fingerprint density at radius 2 is 2.32 bits per heavy atom. The van der Waals surface area contributed by atoms with Crippen molar-refractivity contribution in [2.75, 3.05) is 19.7 Å². The summed E-state index contributed by atoms with van der Waals surface area (Å²) in [6.07, 6.45) is 5.43. The van der Waals surface area contributed by atoms with E-state index in [1.54, 1.807) is 11.3 Å². The average molecular weight is 323 g/mol.